The van der Waals surface area contributed by atoms with Crippen molar-refractivity contribution in [1.29, 1.82) is 0 Å². The summed E-state index contributed by atoms with van der Waals surface area (Å²) < 4.78 is 13.9. The number of halogens is 1. The summed E-state index contributed by atoms with van der Waals surface area (Å²) in [6.07, 6.45) is 0.803. The summed E-state index contributed by atoms with van der Waals surface area (Å²) >= 11 is 1.52. The lowest BCUT2D eigenvalue weighted by Gasteiger charge is -2.24. The Labute approximate surface area is 138 Å². The molecule has 120 valence electrons. The van der Waals surface area contributed by atoms with Gasteiger partial charge in [0.05, 0.1) is 12.1 Å². The van der Waals surface area contributed by atoms with Crippen LogP contribution < -0.4 is 4.90 Å². The topological polar surface area (TPSA) is 40.6 Å². The number of amides is 2. The zero-order chi connectivity index (χ0) is 16.4. The van der Waals surface area contributed by atoms with Crippen LogP contribution in [0.1, 0.15) is 11.3 Å². The number of carbonyl (C=O) groups is 2. The first-order chi connectivity index (χ1) is 11.1. The fourth-order valence-corrected chi connectivity index (χ4v) is 3.49. The summed E-state index contributed by atoms with van der Waals surface area (Å²) in [7, 11) is 1.64. The van der Waals surface area contributed by atoms with Crippen LogP contribution in [-0.2, 0) is 16.0 Å². The van der Waals surface area contributed by atoms with Crippen molar-refractivity contribution in [2.45, 2.75) is 18.9 Å². The molecule has 1 saturated heterocycles. The molecule has 2 aromatic rings. The summed E-state index contributed by atoms with van der Waals surface area (Å²) in [5.41, 5.74) is 0.277. The first-order valence-electron chi connectivity index (χ1n) is 7.42. The average Bonchev–Trinajstić information content (AvgIpc) is 3.17. The first kappa shape index (κ1) is 15.7. The zero-order valence-electron chi connectivity index (χ0n) is 12.7. The first-order valence-corrected chi connectivity index (χ1v) is 8.30. The Kier molecular flexibility index (Phi) is 4.43. The van der Waals surface area contributed by atoms with Gasteiger partial charge in [0.2, 0.25) is 11.8 Å². The molecule has 0 saturated carbocycles. The number of likely N-dealkylation sites (N-methyl/N-ethyl adjacent to an activating group) is 1. The molecule has 0 aliphatic carbocycles. The second-order valence-corrected chi connectivity index (χ2v) is 6.54. The number of hydrogen-bond acceptors (Lipinski definition) is 3. The third kappa shape index (κ3) is 3.12. The molecule has 6 heteroatoms. The minimum atomic E-state index is -0.526. The number of para-hydroxylation sites is 1. The van der Waals surface area contributed by atoms with E-state index in [0.29, 0.717) is 13.0 Å². The van der Waals surface area contributed by atoms with Gasteiger partial charge in [0.1, 0.15) is 11.9 Å². The normalized spacial score (nSPS) is 17.6. The summed E-state index contributed by atoms with van der Waals surface area (Å²) in [5.74, 6) is -0.743. The van der Waals surface area contributed by atoms with Crippen LogP contribution in [0.5, 0.6) is 0 Å². The van der Waals surface area contributed by atoms with Crippen molar-refractivity contribution in [1.82, 2.24) is 4.90 Å². The summed E-state index contributed by atoms with van der Waals surface area (Å²) in [4.78, 5) is 28.8. The molecule has 0 radical (unpaired) electrons. The molecule has 1 atom stereocenters. The van der Waals surface area contributed by atoms with E-state index in [-0.39, 0.29) is 23.9 Å². The molecule has 0 bridgehead atoms. The van der Waals surface area contributed by atoms with Crippen LogP contribution in [0.15, 0.2) is 41.8 Å². The molecule has 0 N–H and O–H groups in total. The Balaban J connectivity index is 1.71. The van der Waals surface area contributed by atoms with E-state index in [1.807, 2.05) is 17.5 Å². The quantitative estimate of drug-likeness (QED) is 0.864. The fourth-order valence-electron chi connectivity index (χ4n) is 2.79. The zero-order valence-corrected chi connectivity index (χ0v) is 13.6. The van der Waals surface area contributed by atoms with Gasteiger partial charge in [0, 0.05) is 18.5 Å². The highest BCUT2D eigenvalue weighted by atomic mass is 32.1. The van der Waals surface area contributed by atoms with E-state index in [0.717, 1.165) is 4.88 Å². The molecule has 1 fully saturated rings. The molecule has 2 amide bonds. The van der Waals surface area contributed by atoms with E-state index < -0.39 is 11.9 Å². The molecule has 1 aliphatic rings. The molecule has 2 heterocycles. The number of benzene rings is 1. The Morgan fingerprint density at radius 3 is 2.83 bits per heavy atom. The van der Waals surface area contributed by atoms with Crippen LogP contribution in [0.3, 0.4) is 0 Å². The van der Waals surface area contributed by atoms with E-state index in [1.54, 1.807) is 25.2 Å². The maximum atomic E-state index is 13.9. The number of thiophene rings is 1. The second kappa shape index (κ2) is 6.50. The standard InChI is InChI=1S/C17H17FN2O2S/c1-19(16(21)11-12-5-4-10-23-12)15-8-9-20(17(15)22)14-7-3-2-6-13(14)18/h2-7,10,15H,8-9,11H2,1H3/t15-/m0/s1. The summed E-state index contributed by atoms with van der Waals surface area (Å²) in [6.45, 7) is 0.418. The van der Waals surface area contributed by atoms with Gasteiger partial charge in [-0.1, -0.05) is 18.2 Å². The van der Waals surface area contributed by atoms with Crippen molar-refractivity contribution in [2.75, 3.05) is 18.5 Å². The predicted octanol–water partition coefficient (Wildman–Crippen LogP) is 2.69. The summed E-state index contributed by atoms with van der Waals surface area (Å²) in [6, 6.07) is 9.48. The highest BCUT2D eigenvalue weighted by Gasteiger charge is 2.37. The van der Waals surface area contributed by atoms with Crippen molar-refractivity contribution in [3.8, 4) is 0 Å². The minimum absolute atomic E-state index is 0.0961. The Hall–Kier alpha value is -2.21. The van der Waals surface area contributed by atoms with E-state index in [2.05, 4.69) is 0 Å². The van der Waals surface area contributed by atoms with E-state index in [4.69, 9.17) is 0 Å². The van der Waals surface area contributed by atoms with Crippen LogP contribution >= 0.6 is 11.3 Å². The second-order valence-electron chi connectivity index (χ2n) is 5.51. The van der Waals surface area contributed by atoms with Gasteiger partial charge in [-0.25, -0.2) is 4.39 Å². The van der Waals surface area contributed by atoms with Crippen LogP contribution in [0.4, 0.5) is 10.1 Å². The molecule has 23 heavy (non-hydrogen) atoms. The Morgan fingerprint density at radius 2 is 2.13 bits per heavy atom. The van der Waals surface area contributed by atoms with Gasteiger partial charge < -0.3 is 9.80 Å². The third-order valence-electron chi connectivity index (χ3n) is 4.09. The monoisotopic (exact) mass is 332 g/mol. The van der Waals surface area contributed by atoms with Crippen molar-refractivity contribution in [3.63, 3.8) is 0 Å². The molecule has 0 spiro atoms. The third-order valence-corrected chi connectivity index (χ3v) is 4.96. The SMILES string of the molecule is CN(C(=O)Cc1cccs1)[C@H]1CCN(c2ccccc2F)C1=O. The average molecular weight is 332 g/mol. The van der Waals surface area contributed by atoms with Crippen molar-refractivity contribution >= 4 is 28.8 Å². The number of anilines is 1. The van der Waals surface area contributed by atoms with Crippen molar-refractivity contribution in [2.24, 2.45) is 0 Å². The molecule has 1 aromatic carbocycles. The maximum Gasteiger partial charge on any atom is 0.249 e. The fraction of sp³-hybridized carbons (Fsp3) is 0.294. The van der Waals surface area contributed by atoms with Gasteiger partial charge in [0.25, 0.3) is 0 Å². The van der Waals surface area contributed by atoms with E-state index >= 15 is 0 Å². The lowest BCUT2D eigenvalue weighted by atomic mass is 10.2. The molecule has 1 aliphatic heterocycles. The van der Waals surface area contributed by atoms with Crippen LogP contribution in [0, 0.1) is 5.82 Å². The Bertz CT molecular complexity index is 717. The van der Waals surface area contributed by atoms with Gasteiger partial charge in [-0.15, -0.1) is 11.3 Å². The lowest BCUT2D eigenvalue weighted by molar-refractivity contribution is -0.136. The predicted molar refractivity (Wildman–Crippen MR) is 88.0 cm³/mol. The molecular weight excluding hydrogens is 315 g/mol. The van der Waals surface area contributed by atoms with Gasteiger partial charge in [-0.3, -0.25) is 9.59 Å². The lowest BCUT2D eigenvalue weighted by Crippen LogP contribution is -2.43. The molecule has 3 rings (SSSR count). The maximum absolute atomic E-state index is 13.9. The highest BCUT2D eigenvalue weighted by molar-refractivity contribution is 7.10. The van der Waals surface area contributed by atoms with Gasteiger partial charge in [-0.05, 0) is 30.0 Å². The highest BCUT2D eigenvalue weighted by Crippen LogP contribution is 2.26. The van der Waals surface area contributed by atoms with Gasteiger partial charge in [-0.2, -0.15) is 0 Å². The van der Waals surface area contributed by atoms with E-state index in [1.165, 1.54) is 27.2 Å². The largest absolute Gasteiger partial charge is 0.333 e. The van der Waals surface area contributed by atoms with E-state index in [9.17, 15) is 14.0 Å². The van der Waals surface area contributed by atoms with Crippen LogP contribution in [0.2, 0.25) is 0 Å². The number of rotatable bonds is 4. The minimum Gasteiger partial charge on any atom is -0.333 e. The van der Waals surface area contributed by atoms with Crippen LogP contribution in [0.25, 0.3) is 0 Å². The van der Waals surface area contributed by atoms with Gasteiger partial charge >= 0.3 is 0 Å². The summed E-state index contributed by atoms with van der Waals surface area (Å²) in [5, 5.41) is 1.92. The number of hydrogen-bond donors (Lipinski definition) is 0. The molecular formula is C17H17FN2O2S. The number of carbonyl (C=O) groups excluding carboxylic acids is 2. The molecule has 0 unspecified atom stereocenters. The molecule has 4 nitrogen and oxygen atoms in total. The number of nitrogens with zero attached hydrogens (tertiary/aromatic N) is 2. The van der Waals surface area contributed by atoms with Gasteiger partial charge in [0.15, 0.2) is 0 Å². The van der Waals surface area contributed by atoms with Crippen molar-refractivity contribution < 1.29 is 14.0 Å². The molecule has 1 aromatic heterocycles. The smallest absolute Gasteiger partial charge is 0.249 e. The van der Waals surface area contributed by atoms with Crippen LogP contribution in [-0.4, -0.2) is 36.3 Å². The van der Waals surface area contributed by atoms with Crippen molar-refractivity contribution in [3.05, 3.63) is 52.5 Å². The Morgan fingerprint density at radius 1 is 1.35 bits per heavy atom.